The topological polar surface area (TPSA) is 38.3 Å². The molecule has 0 bridgehead atoms. The first-order valence-electron chi connectivity index (χ1n) is 7.69. The molecular weight excluding hydrogens is 310 g/mol. The zero-order chi connectivity index (χ0) is 16.9. The number of hydrogen-bond donors (Lipinski definition) is 1. The summed E-state index contributed by atoms with van der Waals surface area (Å²) in [6.07, 6.45) is 0.646. The third-order valence-corrected chi connectivity index (χ3v) is 3.85. The lowest BCUT2D eigenvalue weighted by Gasteiger charge is -2.24. The van der Waals surface area contributed by atoms with Crippen LogP contribution in [0.5, 0.6) is 5.75 Å². The lowest BCUT2D eigenvalue weighted by molar-refractivity contribution is -0.123. The number of benzene rings is 2. The van der Waals surface area contributed by atoms with Crippen molar-refractivity contribution in [3.63, 3.8) is 0 Å². The fourth-order valence-electron chi connectivity index (χ4n) is 2.29. The summed E-state index contributed by atoms with van der Waals surface area (Å²) >= 11 is 5.90. The van der Waals surface area contributed by atoms with Gasteiger partial charge in [-0.25, -0.2) is 0 Å². The molecule has 23 heavy (non-hydrogen) atoms. The first-order valence-corrected chi connectivity index (χ1v) is 8.07. The minimum atomic E-state index is -0.521. The first-order chi connectivity index (χ1) is 10.9. The van der Waals surface area contributed by atoms with E-state index in [2.05, 4.69) is 5.32 Å². The van der Waals surface area contributed by atoms with Crippen LogP contribution in [0.1, 0.15) is 26.3 Å². The van der Waals surface area contributed by atoms with Gasteiger partial charge in [0.1, 0.15) is 5.75 Å². The molecule has 3 nitrogen and oxygen atoms in total. The van der Waals surface area contributed by atoms with Crippen molar-refractivity contribution in [1.82, 2.24) is 0 Å². The molecule has 0 fully saturated rings. The molecule has 0 aliphatic carbocycles. The molecule has 0 radical (unpaired) electrons. The van der Waals surface area contributed by atoms with Gasteiger partial charge in [0.25, 0.3) is 0 Å². The van der Waals surface area contributed by atoms with Crippen LogP contribution in [0.15, 0.2) is 48.5 Å². The van der Waals surface area contributed by atoms with Crippen LogP contribution in [0.4, 0.5) is 5.69 Å². The molecule has 2 rings (SSSR count). The Bertz CT molecular complexity index is 648. The highest BCUT2D eigenvalue weighted by atomic mass is 35.5. The Morgan fingerprint density at radius 3 is 2.26 bits per heavy atom. The number of amides is 1. The van der Waals surface area contributed by atoms with Crippen molar-refractivity contribution in [2.45, 2.75) is 27.2 Å². The molecule has 0 aliphatic heterocycles. The number of hydrogen-bond acceptors (Lipinski definition) is 2. The second-order valence-electron chi connectivity index (χ2n) is 6.10. The number of carbonyl (C=O) groups excluding carboxylic acids is 1. The van der Waals surface area contributed by atoms with E-state index in [1.807, 2.05) is 69.3 Å². The fraction of sp³-hybridized carbons (Fsp3) is 0.316. The summed E-state index contributed by atoms with van der Waals surface area (Å²) in [6.45, 7) is 6.44. The van der Waals surface area contributed by atoms with Crippen LogP contribution >= 0.6 is 11.6 Å². The van der Waals surface area contributed by atoms with Gasteiger partial charge >= 0.3 is 0 Å². The summed E-state index contributed by atoms with van der Waals surface area (Å²) in [5.41, 5.74) is 1.33. The second kappa shape index (κ2) is 7.51. The van der Waals surface area contributed by atoms with Crippen LogP contribution in [0.25, 0.3) is 0 Å². The third kappa shape index (κ3) is 5.00. The van der Waals surface area contributed by atoms with E-state index >= 15 is 0 Å². The van der Waals surface area contributed by atoms with E-state index < -0.39 is 5.41 Å². The molecule has 2 aromatic rings. The summed E-state index contributed by atoms with van der Waals surface area (Å²) in [4.78, 5) is 12.5. The Hall–Kier alpha value is -2.00. The molecule has 2 aromatic carbocycles. The van der Waals surface area contributed by atoms with Crippen molar-refractivity contribution in [3.05, 3.63) is 59.1 Å². The van der Waals surface area contributed by atoms with Gasteiger partial charge in [0.15, 0.2) is 0 Å². The minimum absolute atomic E-state index is 0.0170. The van der Waals surface area contributed by atoms with Gasteiger partial charge in [-0.3, -0.25) is 4.79 Å². The summed E-state index contributed by atoms with van der Waals surface area (Å²) in [5, 5.41) is 3.66. The predicted octanol–water partition coefficient (Wildman–Crippen LogP) is 4.95. The molecule has 0 spiro atoms. The van der Waals surface area contributed by atoms with Gasteiger partial charge in [0.2, 0.25) is 5.91 Å². The maximum absolute atomic E-state index is 12.5. The Labute approximate surface area is 142 Å². The van der Waals surface area contributed by atoms with Gasteiger partial charge in [0.05, 0.1) is 6.61 Å². The number of ether oxygens (including phenoxy) is 1. The number of carbonyl (C=O) groups is 1. The molecule has 122 valence electrons. The van der Waals surface area contributed by atoms with E-state index in [1.54, 1.807) is 0 Å². The Balaban J connectivity index is 2.01. The smallest absolute Gasteiger partial charge is 0.230 e. The van der Waals surface area contributed by atoms with Crippen molar-refractivity contribution < 1.29 is 9.53 Å². The van der Waals surface area contributed by atoms with E-state index in [9.17, 15) is 4.79 Å². The number of halogens is 1. The lowest BCUT2D eigenvalue weighted by atomic mass is 9.84. The summed E-state index contributed by atoms with van der Waals surface area (Å²) in [6, 6.07) is 15.0. The van der Waals surface area contributed by atoms with Gasteiger partial charge in [-0.05, 0) is 55.3 Å². The van der Waals surface area contributed by atoms with E-state index in [1.165, 1.54) is 0 Å². The van der Waals surface area contributed by atoms with Crippen molar-refractivity contribution in [2.75, 3.05) is 11.9 Å². The molecule has 0 aliphatic rings. The summed E-state index contributed by atoms with van der Waals surface area (Å²) < 4.78 is 5.40. The zero-order valence-electron chi connectivity index (χ0n) is 13.7. The minimum Gasteiger partial charge on any atom is -0.494 e. The molecule has 0 unspecified atom stereocenters. The van der Waals surface area contributed by atoms with Crippen LogP contribution in [0.3, 0.4) is 0 Å². The maximum Gasteiger partial charge on any atom is 0.230 e. The Morgan fingerprint density at radius 2 is 1.70 bits per heavy atom. The number of nitrogens with one attached hydrogen (secondary N) is 1. The second-order valence-corrected chi connectivity index (χ2v) is 6.54. The molecule has 4 heteroatoms. The van der Waals surface area contributed by atoms with Crippen molar-refractivity contribution in [1.29, 1.82) is 0 Å². The molecule has 0 saturated carbocycles. The third-order valence-electron chi connectivity index (χ3n) is 3.60. The normalized spacial score (nSPS) is 11.1. The zero-order valence-corrected chi connectivity index (χ0v) is 14.5. The standard InChI is InChI=1S/C19H22ClNO2/c1-4-23-17-11-9-16(10-12-17)21-18(22)19(2,3)13-14-5-7-15(20)8-6-14/h5-12H,4,13H2,1-3H3,(H,21,22). The van der Waals surface area contributed by atoms with E-state index in [0.717, 1.165) is 17.0 Å². The monoisotopic (exact) mass is 331 g/mol. The number of anilines is 1. The quantitative estimate of drug-likeness (QED) is 0.813. The largest absolute Gasteiger partial charge is 0.494 e. The summed E-state index contributed by atoms with van der Waals surface area (Å²) in [7, 11) is 0. The molecule has 0 saturated heterocycles. The molecule has 0 aromatic heterocycles. The van der Waals surface area contributed by atoms with Crippen molar-refractivity contribution in [3.8, 4) is 5.75 Å². The number of rotatable bonds is 6. The average molecular weight is 332 g/mol. The van der Waals surface area contributed by atoms with Crippen LogP contribution in [0, 0.1) is 5.41 Å². The van der Waals surface area contributed by atoms with E-state index in [0.29, 0.717) is 18.1 Å². The van der Waals surface area contributed by atoms with E-state index in [4.69, 9.17) is 16.3 Å². The van der Waals surface area contributed by atoms with Gasteiger partial charge in [0, 0.05) is 16.1 Å². The predicted molar refractivity (Wildman–Crippen MR) is 95.2 cm³/mol. The highest BCUT2D eigenvalue weighted by molar-refractivity contribution is 6.30. The van der Waals surface area contributed by atoms with Crippen molar-refractivity contribution in [2.24, 2.45) is 5.41 Å². The molecule has 1 N–H and O–H groups in total. The van der Waals surface area contributed by atoms with E-state index in [-0.39, 0.29) is 5.91 Å². The molecular formula is C19H22ClNO2. The Morgan fingerprint density at radius 1 is 1.09 bits per heavy atom. The van der Waals surface area contributed by atoms with Crippen LogP contribution < -0.4 is 10.1 Å². The SMILES string of the molecule is CCOc1ccc(NC(=O)C(C)(C)Cc2ccc(Cl)cc2)cc1. The van der Waals surface area contributed by atoms with Crippen molar-refractivity contribution >= 4 is 23.2 Å². The maximum atomic E-state index is 12.5. The van der Waals surface area contributed by atoms with Gasteiger partial charge in [-0.15, -0.1) is 0 Å². The van der Waals surface area contributed by atoms with Crippen LogP contribution in [0.2, 0.25) is 5.02 Å². The summed E-state index contributed by atoms with van der Waals surface area (Å²) in [5.74, 6) is 0.780. The van der Waals surface area contributed by atoms with Crippen LogP contribution in [-0.4, -0.2) is 12.5 Å². The lowest BCUT2D eigenvalue weighted by Crippen LogP contribution is -2.32. The highest BCUT2D eigenvalue weighted by Gasteiger charge is 2.28. The van der Waals surface area contributed by atoms with Gasteiger partial charge in [-0.1, -0.05) is 37.6 Å². The molecule has 0 heterocycles. The average Bonchev–Trinajstić information content (AvgIpc) is 2.51. The fourth-order valence-corrected chi connectivity index (χ4v) is 2.42. The highest BCUT2D eigenvalue weighted by Crippen LogP contribution is 2.25. The Kier molecular flexibility index (Phi) is 5.67. The van der Waals surface area contributed by atoms with Crippen LogP contribution in [-0.2, 0) is 11.2 Å². The molecule has 1 amide bonds. The first kappa shape index (κ1) is 17.4. The molecule has 0 atom stereocenters. The van der Waals surface area contributed by atoms with Gasteiger partial charge < -0.3 is 10.1 Å². The van der Waals surface area contributed by atoms with Gasteiger partial charge in [-0.2, -0.15) is 0 Å².